The van der Waals surface area contributed by atoms with Crippen LogP contribution in [0.2, 0.25) is 0 Å². The van der Waals surface area contributed by atoms with Gasteiger partial charge in [-0.2, -0.15) is 5.10 Å². The van der Waals surface area contributed by atoms with E-state index in [4.69, 9.17) is 12.2 Å². The Morgan fingerprint density at radius 3 is 2.80 bits per heavy atom. The molecule has 0 saturated carbocycles. The minimum atomic E-state index is 0.244. The first-order chi connectivity index (χ1) is 9.70. The standard InChI is InChI=1S/C14H16N4OS/c1-2-15-14(20)17-16-10-12-4-3-9-18(12)11-5-7-13(19)8-6-11/h3-10,19H,2H2,1H3,(H2,15,17,20). The number of hydrogen-bond acceptors (Lipinski definition) is 3. The van der Waals surface area contributed by atoms with Gasteiger partial charge in [0.05, 0.1) is 11.9 Å². The van der Waals surface area contributed by atoms with Crippen LogP contribution in [0.25, 0.3) is 5.69 Å². The number of aromatic nitrogens is 1. The molecule has 0 saturated heterocycles. The summed E-state index contributed by atoms with van der Waals surface area (Å²) in [5.41, 5.74) is 4.60. The van der Waals surface area contributed by atoms with E-state index in [1.807, 2.05) is 42.0 Å². The highest BCUT2D eigenvalue weighted by Gasteiger charge is 2.01. The van der Waals surface area contributed by atoms with Gasteiger partial charge in [0.25, 0.3) is 0 Å². The monoisotopic (exact) mass is 288 g/mol. The lowest BCUT2D eigenvalue weighted by Gasteiger charge is -2.06. The van der Waals surface area contributed by atoms with Crippen molar-refractivity contribution in [2.24, 2.45) is 5.10 Å². The molecule has 0 aliphatic rings. The minimum Gasteiger partial charge on any atom is -0.508 e. The van der Waals surface area contributed by atoms with Gasteiger partial charge in [-0.15, -0.1) is 0 Å². The van der Waals surface area contributed by atoms with Gasteiger partial charge in [-0.05, 0) is 55.5 Å². The topological polar surface area (TPSA) is 61.6 Å². The highest BCUT2D eigenvalue weighted by molar-refractivity contribution is 7.80. The number of thiocarbonyl (C=S) groups is 1. The van der Waals surface area contributed by atoms with Gasteiger partial charge in [0.2, 0.25) is 0 Å². The predicted octanol–water partition coefficient (Wildman–Crippen LogP) is 2.00. The Balaban J connectivity index is 2.11. The summed E-state index contributed by atoms with van der Waals surface area (Å²) < 4.78 is 1.96. The molecular weight excluding hydrogens is 272 g/mol. The number of rotatable bonds is 4. The van der Waals surface area contributed by atoms with E-state index >= 15 is 0 Å². The normalized spacial score (nSPS) is 10.7. The first-order valence-electron chi connectivity index (χ1n) is 6.24. The molecule has 0 atom stereocenters. The number of nitrogens with zero attached hydrogens (tertiary/aromatic N) is 2. The number of phenols is 1. The van der Waals surface area contributed by atoms with Gasteiger partial charge < -0.3 is 15.0 Å². The summed E-state index contributed by atoms with van der Waals surface area (Å²) in [7, 11) is 0. The molecule has 2 rings (SSSR count). The van der Waals surface area contributed by atoms with Crippen LogP contribution < -0.4 is 10.7 Å². The zero-order valence-electron chi connectivity index (χ0n) is 11.1. The number of benzene rings is 1. The first kappa shape index (κ1) is 14.1. The Hall–Kier alpha value is -2.34. The van der Waals surface area contributed by atoms with Gasteiger partial charge in [-0.25, -0.2) is 0 Å². The molecule has 0 unspecified atom stereocenters. The molecule has 6 heteroatoms. The van der Waals surface area contributed by atoms with Crippen LogP contribution in [0, 0.1) is 0 Å². The molecule has 0 spiro atoms. The lowest BCUT2D eigenvalue weighted by atomic mass is 10.3. The Morgan fingerprint density at radius 2 is 2.10 bits per heavy atom. The van der Waals surface area contributed by atoms with Gasteiger partial charge in [0.15, 0.2) is 5.11 Å². The van der Waals surface area contributed by atoms with Crippen molar-refractivity contribution in [2.75, 3.05) is 6.54 Å². The molecule has 104 valence electrons. The van der Waals surface area contributed by atoms with Gasteiger partial charge in [-0.3, -0.25) is 5.43 Å². The van der Waals surface area contributed by atoms with E-state index in [0.717, 1.165) is 17.9 Å². The first-order valence-corrected chi connectivity index (χ1v) is 6.65. The summed E-state index contributed by atoms with van der Waals surface area (Å²) in [4.78, 5) is 0. The van der Waals surface area contributed by atoms with E-state index < -0.39 is 0 Å². The number of phenolic OH excluding ortho intramolecular Hbond substituents is 1. The zero-order chi connectivity index (χ0) is 14.4. The van der Waals surface area contributed by atoms with Crippen LogP contribution >= 0.6 is 12.2 Å². The van der Waals surface area contributed by atoms with Crippen molar-refractivity contribution < 1.29 is 5.11 Å². The maximum Gasteiger partial charge on any atom is 0.186 e. The summed E-state index contributed by atoms with van der Waals surface area (Å²) in [6, 6.07) is 10.8. The highest BCUT2D eigenvalue weighted by Crippen LogP contribution is 2.15. The van der Waals surface area contributed by atoms with E-state index in [0.29, 0.717) is 5.11 Å². The maximum atomic E-state index is 9.31. The average molecular weight is 288 g/mol. The lowest BCUT2D eigenvalue weighted by molar-refractivity contribution is 0.475. The second-order valence-corrected chi connectivity index (χ2v) is 4.46. The van der Waals surface area contributed by atoms with E-state index in [-0.39, 0.29) is 5.75 Å². The molecule has 0 amide bonds. The quantitative estimate of drug-likeness (QED) is 0.457. The van der Waals surface area contributed by atoms with Crippen molar-refractivity contribution >= 4 is 23.5 Å². The number of nitrogens with one attached hydrogen (secondary N) is 2. The van der Waals surface area contributed by atoms with Crippen molar-refractivity contribution in [3.63, 3.8) is 0 Å². The third-order valence-corrected chi connectivity index (χ3v) is 2.84. The Bertz CT molecular complexity index is 604. The fourth-order valence-electron chi connectivity index (χ4n) is 1.70. The van der Waals surface area contributed by atoms with Gasteiger partial charge in [-0.1, -0.05) is 0 Å². The number of hydrazone groups is 1. The van der Waals surface area contributed by atoms with Crippen molar-refractivity contribution in [3.8, 4) is 11.4 Å². The second-order valence-electron chi connectivity index (χ2n) is 4.05. The van der Waals surface area contributed by atoms with Crippen LogP contribution in [0.5, 0.6) is 5.75 Å². The molecule has 5 nitrogen and oxygen atoms in total. The summed E-state index contributed by atoms with van der Waals surface area (Å²) in [6.07, 6.45) is 3.62. The van der Waals surface area contributed by atoms with E-state index in [9.17, 15) is 5.11 Å². The summed E-state index contributed by atoms with van der Waals surface area (Å²) in [6.45, 7) is 2.72. The van der Waals surface area contributed by atoms with Crippen molar-refractivity contribution in [2.45, 2.75) is 6.92 Å². The molecule has 0 bridgehead atoms. The molecule has 0 fully saturated rings. The van der Waals surface area contributed by atoms with Crippen LogP contribution in [0.4, 0.5) is 0 Å². The molecule has 3 N–H and O–H groups in total. The van der Waals surface area contributed by atoms with Crippen molar-refractivity contribution in [1.29, 1.82) is 0 Å². The average Bonchev–Trinajstić information content (AvgIpc) is 2.88. The summed E-state index contributed by atoms with van der Waals surface area (Å²) in [5, 5.41) is 16.8. The molecule has 1 aromatic carbocycles. The van der Waals surface area contributed by atoms with Crippen LogP contribution in [0.1, 0.15) is 12.6 Å². The molecular formula is C14H16N4OS. The molecule has 1 aromatic heterocycles. The lowest BCUT2D eigenvalue weighted by Crippen LogP contribution is -2.31. The minimum absolute atomic E-state index is 0.244. The number of hydrogen-bond donors (Lipinski definition) is 3. The van der Waals surface area contributed by atoms with Crippen LogP contribution in [-0.4, -0.2) is 27.5 Å². The highest BCUT2D eigenvalue weighted by atomic mass is 32.1. The fraction of sp³-hybridized carbons (Fsp3) is 0.143. The van der Waals surface area contributed by atoms with Crippen LogP contribution in [-0.2, 0) is 0 Å². The van der Waals surface area contributed by atoms with Gasteiger partial charge in [0.1, 0.15) is 5.75 Å². The SMILES string of the molecule is CCNC(=S)NN=Cc1cccn1-c1ccc(O)cc1. The fourth-order valence-corrected chi connectivity index (χ4v) is 1.90. The Kier molecular flexibility index (Phi) is 4.73. The van der Waals surface area contributed by atoms with E-state index in [2.05, 4.69) is 15.8 Å². The third kappa shape index (κ3) is 3.58. The third-order valence-electron chi connectivity index (χ3n) is 2.61. The smallest absolute Gasteiger partial charge is 0.186 e. The predicted molar refractivity (Wildman–Crippen MR) is 84.4 cm³/mol. The van der Waals surface area contributed by atoms with Crippen LogP contribution in [0.3, 0.4) is 0 Å². The molecule has 20 heavy (non-hydrogen) atoms. The van der Waals surface area contributed by atoms with E-state index in [1.165, 1.54) is 0 Å². The Morgan fingerprint density at radius 1 is 1.35 bits per heavy atom. The van der Waals surface area contributed by atoms with E-state index in [1.54, 1.807) is 18.3 Å². The molecule has 0 radical (unpaired) electrons. The van der Waals surface area contributed by atoms with Crippen molar-refractivity contribution in [3.05, 3.63) is 48.3 Å². The number of aromatic hydroxyl groups is 1. The maximum absolute atomic E-state index is 9.31. The Labute approximate surface area is 122 Å². The zero-order valence-corrected chi connectivity index (χ0v) is 11.9. The second kappa shape index (κ2) is 6.72. The largest absolute Gasteiger partial charge is 0.508 e. The van der Waals surface area contributed by atoms with Crippen LogP contribution in [0.15, 0.2) is 47.7 Å². The van der Waals surface area contributed by atoms with Gasteiger partial charge >= 0.3 is 0 Å². The molecule has 0 aliphatic heterocycles. The summed E-state index contributed by atoms with van der Waals surface area (Å²) >= 11 is 5.02. The molecule has 0 aliphatic carbocycles. The molecule has 1 heterocycles. The van der Waals surface area contributed by atoms with Crippen molar-refractivity contribution in [1.82, 2.24) is 15.3 Å². The van der Waals surface area contributed by atoms with Gasteiger partial charge in [0, 0.05) is 18.4 Å². The summed E-state index contributed by atoms with van der Waals surface area (Å²) in [5.74, 6) is 0.244. The molecule has 2 aromatic rings.